The molecular weight excluding hydrogens is 288 g/mol. The molecule has 0 radical (unpaired) electrons. The van der Waals surface area contributed by atoms with Gasteiger partial charge >= 0.3 is 0 Å². The van der Waals surface area contributed by atoms with Gasteiger partial charge in [-0.05, 0) is 47.9 Å². The summed E-state index contributed by atoms with van der Waals surface area (Å²) in [5.41, 5.74) is 0.790. The molecule has 5 heteroatoms. The van der Waals surface area contributed by atoms with Crippen LogP contribution in [-0.2, 0) is 0 Å². The predicted octanol–water partition coefficient (Wildman–Crippen LogP) is 2.33. The van der Waals surface area contributed by atoms with Gasteiger partial charge in [-0.3, -0.25) is 4.79 Å². The van der Waals surface area contributed by atoms with Crippen molar-refractivity contribution in [2.24, 2.45) is 0 Å². The first kappa shape index (κ1) is 12.1. The molecule has 3 nitrogen and oxygen atoms in total. The molecule has 2 heterocycles. The molecule has 1 N–H and O–H groups in total. The Hall–Kier alpha value is -0.390. The van der Waals surface area contributed by atoms with E-state index >= 15 is 0 Å². The fraction of sp³-hybridized carbons (Fsp3) is 0.545. The Morgan fingerprint density at radius 1 is 1.56 bits per heavy atom. The van der Waals surface area contributed by atoms with Crippen LogP contribution in [0.5, 0.6) is 0 Å². The Balaban J connectivity index is 2.03. The molecule has 0 aliphatic carbocycles. The highest BCUT2D eigenvalue weighted by molar-refractivity contribution is 9.11. The highest BCUT2D eigenvalue weighted by Gasteiger charge is 2.23. The molecule has 0 saturated carbocycles. The van der Waals surface area contributed by atoms with E-state index in [1.165, 1.54) is 0 Å². The van der Waals surface area contributed by atoms with Crippen molar-refractivity contribution in [3.8, 4) is 0 Å². The van der Waals surface area contributed by atoms with Gasteiger partial charge in [0.2, 0.25) is 0 Å². The number of piperidine rings is 1. The van der Waals surface area contributed by atoms with Crippen LogP contribution >= 0.6 is 27.3 Å². The molecule has 16 heavy (non-hydrogen) atoms. The minimum Gasteiger partial charge on any atom is -0.339 e. The van der Waals surface area contributed by atoms with Crippen LogP contribution in [0.15, 0.2) is 15.2 Å². The number of hydrogen-bond acceptors (Lipinski definition) is 3. The number of amides is 1. The highest BCUT2D eigenvalue weighted by atomic mass is 79.9. The van der Waals surface area contributed by atoms with Crippen molar-refractivity contribution in [1.82, 2.24) is 10.2 Å². The molecule has 1 aliphatic heterocycles. The van der Waals surface area contributed by atoms with E-state index in [1.54, 1.807) is 11.3 Å². The Bertz CT molecular complexity index is 374. The predicted molar refractivity (Wildman–Crippen MR) is 70.0 cm³/mol. The van der Waals surface area contributed by atoms with Crippen LogP contribution in [0, 0.1) is 0 Å². The van der Waals surface area contributed by atoms with E-state index in [2.05, 4.69) is 21.2 Å². The number of halogens is 1. The first-order valence-electron chi connectivity index (χ1n) is 5.40. The van der Waals surface area contributed by atoms with Crippen LogP contribution < -0.4 is 5.32 Å². The van der Waals surface area contributed by atoms with Crippen LogP contribution in [0.3, 0.4) is 0 Å². The highest BCUT2D eigenvalue weighted by Crippen LogP contribution is 2.22. The Labute approximate surface area is 108 Å². The molecule has 0 unspecified atom stereocenters. The normalized spacial score (nSPS) is 17.4. The van der Waals surface area contributed by atoms with Crippen LogP contribution in [0.2, 0.25) is 0 Å². The number of hydrogen-bond donors (Lipinski definition) is 1. The second kappa shape index (κ2) is 5.29. The van der Waals surface area contributed by atoms with Gasteiger partial charge in [-0.1, -0.05) is 0 Å². The minimum atomic E-state index is 0.133. The molecule has 0 atom stereocenters. The zero-order chi connectivity index (χ0) is 11.5. The molecule has 1 amide bonds. The Morgan fingerprint density at radius 2 is 2.25 bits per heavy atom. The summed E-state index contributed by atoms with van der Waals surface area (Å²) in [6.45, 7) is 2.02. The van der Waals surface area contributed by atoms with Crippen LogP contribution in [0.25, 0.3) is 0 Å². The van der Waals surface area contributed by atoms with Crippen molar-refractivity contribution in [3.63, 3.8) is 0 Å². The SMILES string of the molecule is CN(C(=O)c1csc(Br)c1)C1CCNCC1. The number of rotatable bonds is 2. The van der Waals surface area contributed by atoms with E-state index in [0.29, 0.717) is 6.04 Å². The lowest BCUT2D eigenvalue weighted by molar-refractivity contribution is 0.0704. The fourth-order valence-electron chi connectivity index (χ4n) is 1.99. The van der Waals surface area contributed by atoms with Crippen LogP contribution in [0.1, 0.15) is 23.2 Å². The molecule has 1 aromatic rings. The lowest BCUT2D eigenvalue weighted by Crippen LogP contribution is -2.43. The maximum atomic E-state index is 12.1. The van der Waals surface area contributed by atoms with Crippen LogP contribution in [0.4, 0.5) is 0 Å². The van der Waals surface area contributed by atoms with Crippen molar-refractivity contribution in [2.75, 3.05) is 20.1 Å². The second-order valence-electron chi connectivity index (χ2n) is 4.04. The van der Waals surface area contributed by atoms with Gasteiger partial charge < -0.3 is 10.2 Å². The van der Waals surface area contributed by atoms with Gasteiger partial charge in [0.15, 0.2) is 0 Å². The zero-order valence-electron chi connectivity index (χ0n) is 9.20. The van der Waals surface area contributed by atoms with Crippen molar-refractivity contribution in [1.29, 1.82) is 0 Å². The molecule has 1 aromatic heterocycles. The quantitative estimate of drug-likeness (QED) is 0.909. The monoisotopic (exact) mass is 302 g/mol. The molecule has 1 aliphatic rings. The van der Waals surface area contributed by atoms with Crippen molar-refractivity contribution in [3.05, 3.63) is 20.8 Å². The smallest absolute Gasteiger partial charge is 0.254 e. The number of carbonyl (C=O) groups excluding carboxylic acids is 1. The molecule has 88 valence electrons. The number of nitrogens with zero attached hydrogens (tertiary/aromatic N) is 1. The largest absolute Gasteiger partial charge is 0.339 e. The van der Waals surface area contributed by atoms with Gasteiger partial charge in [0.1, 0.15) is 0 Å². The van der Waals surface area contributed by atoms with Crippen LogP contribution in [-0.4, -0.2) is 37.0 Å². The average molecular weight is 303 g/mol. The lowest BCUT2D eigenvalue weighted by Gasteiger charge is -2.31. The first-order valence-corrected chi connectivity index (χ1v) is 7.07. The van der Waals surface area contributed by atoms with Gasteiger partial charge in [-0.15, -0.1) is 11.3 Å². The molecular formula is C11H15BrN2OS. The van der Waals surface area contributed by atoms with Gasteiger partial charge in [0.05, 0.1) is 9.35 Å². The molecule has 0 aromatic carbocycles. The van der Waals surface area contributed by atoms with Crippen molar-refractivity contribution < 1.29 is 4.79 Å². The van der Waals surface area contributed by atoms with E-state index in [9.17, 15) is 4.79 Å². The Kier molecular flexibility index (Phi) is 4.00. The summed E-state index contributed by atoms with van der Waals surface area (Å²) in [7, 11) is 1.91. The fourth-order valence-corrected chi connectivity index (χ4v) is 3.12. The third kappa shape index (κ3) is 2.64. The molecule has 1 saturated heterocycles. The number of thiophene rings is 1. The van der Waals surface area contributed by atoms with E-state index in [-0.39, 0.29) is 5.91 Å². The summed E-state index contributed by atoms with van der Waals surface area (Å²) in [6, 6.07) is 2.28. The van der Waals surface area contributed by atoms with Gasteiger partial charge in [-0.2, -0.15) is 0 Å². The summed E-state index contributed by atoms with van der Waals surface area (Å²) in [5.74, 6) is 0.133. The maximum absolute atomic E-state index is 12.1. The van der Waals surface area contributed by atoms with E-state index in [1.807, 2.05) is 23.4 Å². The lowest BCUT2D eigenvalue weighted by atomic mass is 10.0. The maximum Gasteiger partial charge on any atom is 0.254 e. The zero-order valence-corrected chi connectivity index (χ0v) is 11.6. The summed E-state index contributed by atoms with van der Waals surface area (Å²) < 4.78 is 1.01. The van der Waals surface area contributed by atoms with E-state index < -0.39 is 0 Å². The Morgan fingerprint density at radius 3 is 2.81 bits per heavy atom. The molecule has 1 fully saturated rings. The third-order valence-corrected chi connectivity index (χ3v) is 4.50. The summed E-state index contributed by atoms with van der Waals surface area (Å²) >= 11 is 4.94. The van der Waals surface area contributed by atoms with Crippen molar-refractivity contribution >= 4 is 33.2 Å². The third-order valence-electron chi connectivity index (χ3n) is 2.99. The first-order chi connectivity index (χ1) is 7.68. The standard InChI is InChI=1S/C11H15BrN2OS/c1-14(9-2-4-13-5-3-9)11(15)8-6-10(12)16-7-8/h6-7,9,13H,2-5H2,1H3. The number of nitrogens with one attached hydrogen (secondary N) is 1. The topological polar surface area (TPSA) is 32.3 Å². The summed E-state index contributed by atoms with van der Waals surface area (Å²) in [5, 5.41) is 5.22. The minimum absolute atomic E-state index is 0.133. The van der Waals surface area contributed by atoms with Gasteiger partial charge in [0, 0.05) is 18.5 Å². The molecule has 2 rings (SSSR count). The molecule has 0 spiro atoms. The van der Waals surface area contributed by atoms with Crippen molar-refractivity contribution in [2.45, 2.75) is 18.9 Å². The van der Waals surface area contributed by atoms with E-state index in [0.717, 1.165) is 35.3 Å². The molecule has 0 bridgehead atoms. The summed E-state index contributed by atoms with van der Waals surface area (Å²) in [6.07, 6.45) is 2.10. The summed E-state index contributed by atoms with van der Waals surface area (Å²) in [4.78, 5) is 14.0. The second-order valence-corrected chi connectivity index (χ2v) is 6.33. The number of carbonyl (C=O) groups is 1. The van der Waals surface area contributed by atoms with Gasteiger partial charge in [-0.25, -0.2) is 0 Å². The average Bonchev–Trinajstić information content (AvgIpc) is 2.75. The van der Waals surface area contributed by atoms with Gasteiger partial charge in [0.25, 0.3) is 5.91 Å². The van der Waals surface area contributed by atoms with E-state index in [4.69, 9.17) is 0 Å².